The SMILES string of the molecule is CCC(CC)(NC(=O)CC1c2ccccc2CCN1C(C)=O)c1ccc(Cl)cc1. The number of halogens is 1. The number of carbonyl (C=O) groups is 2. The minimum Gasteiger partial charge on any atom is -0.347 e. The summed E-state index contributed by atoms with van der Waals surface area (Å²) in [5.41, 5.74) is 2.90. The summed E-state index contributed by atoms with van der Waals surface area (Å²) in [6.07, 6.45) is 2.63. The van der Waals surface area contributed by atoms with Crippen molar-refractivity contribution in [3.05, 3.63) is 70.2 Å². The highest BCUT2D eigenvalue weighted by atomic mass is 35.5. The first-order valence-electron chi connectivity index (χ1n) is 10.3. The topological polar surface area (TPSA) is 49.4 Å². The lowest BCUT2D eigenvalue weighted by atomic mass is 9.84. The van der Waals surface area contributed by atoms with Gasteiger partial charge in [-0.15, -0.1) is 0 Å². The van der Waals surface area contributed by atoms with E-state index in [9.17, 15) is 9.59 Å². The van der Waals surface area contributed by atoms with Crippen molar-refractivity contribution in [1.29, 1.82) is 0 Å². The largest absolute Gasteiger partial charge is 0.347 e. The fourth-order valence-electron chi connectivity index (χ4n) is 4.42. The second-order valence-corrected chi connectivity index (χ2v) is 8.16. The average Bonchev–Trinajstić information content (AvgIpc) is 2.72. The highest BCUT2D eigenvalue weighted by Crippen LogP contribution is 2.34. The second-order valence-electron chi connectivity index (χ2n) is 7.73. The zero-order valence-electron chi connectivity index (χ0n) is 17.4. The smallest absolute Gasteiger partial charge is 0.223 e. The maximum absolute atomic E-state index is 13.2. The van der Waals surface area contributed by atoms with Crippen molar-refractivity contribution in [2.45, 2.75) is 58.0 Å². The molecule has 5 heteroatoms. The van der Waals surface area contributed by atoms with E-state index in [-0.39, 0.29) is 24.3 Å². The molecule has 2 aromatic carbocycles. The number of hydrogen-bond donors (Lipinski definition) is 1. The van der Waals surface area contributed by atoms with Crippen LogP contribution in [0.1, 0.15) is 62.8 Å². The molecule has 0 aliphatic carbocycles. The van der Waals surface area contributed by atoms with E-state index in [1.54, 1.807) is 6.92 Å². The van der Waals surface area contributed by atoms with Gasteiger partial charge in [-0.2, -0.15) is 0 Å². The molecule has 0 spiro atoms. The van der Waals surface area contributed by atoms with Gasteiger partial charge in [0.2, 0.25) is 11.8 Å². The predicted octanol–water partition coefficient (Wildman–Crippen LogP) is 5.01. The third-order valence-electron chi connectivity index (χ3n) is 6.18. The van der Waals surface area contributed by atoms with E-state index in [0.29, 0.717) is 11.6 Å². The molecule has 0 bridgehead atoms. The molecule has 2 amide bonds. The van der Waals surface area contributed by atoms with Crippen molar-refractivity contribution in [3.63, 3.8) is 0 Å². The number of amides is 2. The standard InChI is InChI=1S/C24H29ClN2O2/c1-4-24(5-2,19-10-12-20(25)13-11-19)26-23(29)16-22-21-9-7-6-8-18(21)14-15-27(22)17(3)28/h6-13,22H,4-5,14-16H2,1-3H3,(H,26,29). The molecule has 3 rings (SSSR count). The van der Waals surface area contributed by atoms with Gasteiger partial charge in [0.1, 0.15) is 0 Å². The molecule has 1 atom stereocenters. The Morgan fingerprint density at radius 3 is 2.38 bits per heavy atom. The molecule has 2 aromatic rings. The summed E-state index contributed by atoms with van der Waals surface area (Å²) in [6.45, 7) is 6.38. The van der Waals surface area contributed by atoms with Crippen LogP contribution in [0.25, 0.3) is 0 Å². The molecule has 1 unspecified atom stereocenters. The average molecular weight is 413 g/mol. The first-order chi connectivity index (χ1) is 13.9. The maximum atomic E-state index is 13.2. The van der Waals surface area contributed by atoms with Crippen molar-refractivity contribution < 1.29 is 9.59 Å². The number of benzene rings is 2. The fourth-order valence-corrected chi connectivity index (χ4v) is 4.54. The molecule has 1 aliphatic rings. The summed E-state index contributed by atoms with van der Waals surface area (Å²) in [5.74, 6) is -0.0381. The summed E-state index contributed by atoms with van der Waals surface area (Å²) < 4.78 is 0. The lowest BCUT2D eigenvalue weighted by Gasteiger charge is -2.38. The number of carbonyl (C=O) groups excluding carboxylic acids is 2. The van der Waals surface area contributed by atoms with E-state index < -0.39 is 5.54 Å². The van der Waals surface area contributed by atoms with E-state index in [1.807, 2.05) is 47.4 Å². The van der Waals surface area contributed by atoms with Crippen molar-refractivity contribution >= 4 is 23.4 Å². The number of rotatable bonds is 6. The van der Waals surface area contributed by atoms with Gasteiger partial charge in [-0.1, -0.05) is 61.8 Å². The van der Waals surface area contributed by atoms with Crippen LogP contribution in [-0.4, -0.2) is 23.3 Å². The van der Waals surface area contributed by atoms with Crippen molar-refractivity contribution in [2.24, 2.45) is 0 Å². The third kappa shape index (κ3) is 4.48. The highest BCUT2D eigenvalue weighted by molar-refractivity contribution is 6.30. The van der Waals surface area contributed by atoms with Crippen LogP contribution in [-0.2, 0) is 21.5 Å². The molecule has 154 valence electrons. The molecule has 0 fully saturated rings. The van der Waals surface area contributed by atoms with Crippen LogP contribution in [0.4, 0.5) is 0 Å². The molecule has 1 N–H and O–H groups in total. The fraction of sp³-hybridized carbons (Fsp3) is 0.417. The van der Waals surface area contributed by atoms with Crippen molar-refractivity contribution in [2.75, 3.05) is 6.54 Å². The van der Waals surface area contributed by atoms with E-state index in [1.165, 1.54) is 5.56 Å². The molecular weight excluding hydrogens is 384 g/mol. The predicted molar refractivity (Wildman–Crippen MR) is 117 cm³/mol. The van der Waals surface area contributed by atoms with Crippen molar-refractivity contribution in [1.82, 2.24) is 10.2 Å². The van der Waals surface area contributed by atoms with Crippen LogP contribution in [0.3, 0.4) is 0 Å². The minimum atomic E-state index is -0.448. The van der Waals surface area contributed by atoms with Gasteiger partial charge in [0.15, 0.2) is 0 Å². The van der Waals surface area contributed by atoms with Crippen LogP contribution < -0.4 is 5.32 Å². The van der Waals surface area contributed by atoms with Crippen LogP contribution in [0, 0.1) is 0 Å². The Hall–Kier alpha value is -2.33. The molecule has 1 heterocycles. The first-order valence-corrected chi connectivity index (χ1v) is 10.7. The number of nitrogens with zero attached hydrogens (tertiary/aromatic N) is 1. The van der Waals surface area contributed by atoms with E-state index in [4.69, 9.17) is 11.6 Å². The Balaban J connectivity index is 1.85. The van der Waals surface area contributed by atoms with E-state index in [0.717, 1.165) is 30.4 Å². The third-order valence-corrected chi connectivity index (χ3v) is 6.43. The Bertz CT molecular complexity index is 875. The molecule has 4 nitrogen and oxygen atoms in total. The van der Waals surface area contributed by atoms with Crippen LogP contribution in [0.15, 0.2) is 48.5 Å². The van der Waals surface area contributed by atoms with Crippen molar-refractivity contribution in [3.8, 4) is 0 Å². The Morgan fingerprint density at radius 2 is 1.76 bits per heavy atom. The number of hydrogen-bond acceptors (Lipinski definition) is 2. The Labute approximate surface area is 178 Å². The quantitative estimate of drug-likeness (QED) is 0.725. The molecule has 0 saturated carbocycles. The molecule has 29 heavy (non-hydrogen) atoms. The van der Waals surface area contributed by atoms with Gasteiger partial charge in [0.05, 0.1) is 18.0 Å². The summed E-state index contributed by atoms with van der Waals surface area (Å²) in [7, 11) is 0. The molecule has 1 aliphatic heterocycles. The molecule has 0 aromatic heterocycles. The number of nitrogens with one attached hydrogen (secondary N) is 1. The normalized spacial score (nSPS) is 16.3. The van der Waals surface area contributed by atoms with Gasteiger partial charge >= 0.3 is 0 Å². The lowest BCUT2D eigenvalue weighted by molar-refractivity contribution is -0.133. The van der Waals surface area contributed by atoms with Crippen LogP contribution in [0.5, 0.6) is 0 Å². The van der Waals surface area contributed by atoms with Gasteiger partial charge < -0.3 is 10.2 Å². The Kier molecular flexibility index (Phi) is 6.63. The zero-order valence-corrected chi connectivity index (χ0v) is 18.1. The van der Waals surface area contributed by atoms with E-state index in [2.05, 4.69) is 25.2 Å². The van der Waals surface area contributed by atoms with Gasteiger partial charge in [-0.3, -0.25) is 9.59 Å². The minimum absolute atomic E-state index is 0.00671. The first kappa shape index (κ1) is 21.4. The summed E-state index contributed by atoms with van der Waals surface area (Å²) in [4.78, 5) is 27.2. The van der Waals surface area contributed by atoms with Gasteiger partial charge in [0.25, 0.3) is 0 Å². The number of fused-ring (bicyclic) bond motifs is 1. The van der Waals surface area contributed by atoms with Gasteiger partial charge in [-0.25, -0.2) is 0 Å². The van der Waals surface area contributed by atoms with Gasteiger partial charge in [0, 0.05) is 18.5 Å². The van der Waals surface area contributed by atoms with Crippen LogP contribution in [0.2, 0.25) is 5.02 Å². The summed E-state index contributed by atoms with van der Waals surface area (Å²) in [6, 6.07) is 15.6. The monoisotopic (exact) mass is 412 g/mol. The lowest BCUT2D eigenvalue weighted by Crippen LogP contribution is -2.47. The second kappa shape index (κ2) is 9.00. The summed E-state index contributed by atoms with van der Waals surface area (Å²) in [5, 5.41) is 3.96. The molecule has 0 saturated heterocycles. The summed E-state index contributed by atoms with van der Waals surface area (Å²) >= 11 is 6.05. The van der Waals surface area contributed by atoms with Gasteiger partial charge in [-0.05, 0) is 48.1 Å². The van der Waals surface area contributed by atoms with E-state index >= 15 is 0 Å². The molecule has 0 radical (unpaired) electrons. The highest BCUT2D eigenvalue weighted by Gasteiger charge is 2.34. The maximum Gasteiger partial charge on any atom is 0.223 e. The van der Waals surface area contributed by atoms with Crippen LogP contribution >= 0.6 is 11.6 Å². The zero-order chi connectivity index (χ0) is 21.0. The Morgan fingerprint density at radius 1 is 1.10 bits per heavy atom. The molecular formula is C24H29ClN2O2.